The van der Waals surface area contributed by atoms with Crippen LogP contribution in [0.5, 0.6) is 0 Å². The van der Waals surface area contributed by atoms with Gasteiger partial charge in [-0.3, -0.25) is 9.78 Å². The molecule has 9 heteroatoms. The molecule has 4 rings (SSSR count). The molecule has 2 aromatic rings. The van der Waals surface area contributed by atoms with Crippen LogP contribution in [-0.4, -0.2) is 83.2 Å². The van der Waals surface area contributed by atoms with Crippen LogP contribution in [-0.2, 0) is 4.74 Å². The van der Waals surface area contributed by atoms with E-state index < -0.39 is 0 Å². The predicted octanol–water partition coefficient (Wildman–Crippen LogP) is 0.0656. The number of hydrogen-bond acceptors (Lipinski definition) is 8. The monoisotopic (exact) mass is 355 g/mol. The highest BCUT2D eigenvalue weighted by atomic mass is 16.5. The Kier molecular flexibility index (Phi) is 4.87. The topological polar surface area (TPSA) is 87.6 Å². The summed E-state index contributed by atoms with van der Waals surface area (Å²) in [6, 6.07) is 2.02. The van der Waals surface area contributed by atoms with Gasteiger partial charge in [-0.25, -0.2) is 15.0 Å². The predicted molar refractivity (Wildman–Crippen MR) is 95.2 cm³/mol. The van der Waals surface area contributed by atoms with Crippen LogP contribution in [0.4, 0.5) is 11.6 Å². The zero-order valence-electron chi connectivity index (χ0n) is 14.5. The van der Waals surface area contributed by atoms with Gasteiger partial charge in [0.05, 0.1) is 19.4 Å². The van der Waals surface area contributed by atoms with Crippen molar-refractivity contribution in [3.05, 3.63) is 36.7 Å². The molecule has 0 saturated carbocycles. The highest BCUT2D eigenvalue weighted by Gasteiger charge is 2.24. The molecule has 0 bridgehead atoms. The van der Waals surface area contributed by atoms with Gasteiger partial charge >= 0.3 is 0 Å². The molecule has 26 heavy (non-hydrogen) atoms. The van der Waals surface area contributed by atoms with Gasteiger partial charge in [-0.05, 0) is 0 Å². The van der Waals surface area contributed by atoms with Gasteiger partial charge in [-0.15, -0.1) is 0 Å². The fraction of sp³-hybridized carbons (Fsp3) is 0.471. The van der Waals surface area contributed by atoms with E-state index in [1.54, 1.807) is 12.5 Å². The number of morpholine rings is 1. The number of amides is 1. The number of anilines is 2. The summed E-state index contributed by atoms with van der Waals surface area (Å²) in [6.07, 6.45) is 6.22. The van der Waals surface area contributed by atoms with E-state index in [-0.39, 0.29) is 5.91 Å². The first kappa shape index (κ1) is 16.6. The molecule has 0 aliphatic carbocycles. The van der Waals surface area contributed by atoms with Crippen molar-refractivity contribution in [3.8, 4) is 0 Å². The first-order valence-electron chi connectivity index (χ1n) is 8.76. The van der Waals surface area contributed by atoms with Gasteiger partial charge in [0.1, 0.15) is 23.7 Å². The molecule has 2 aromatic heterocycles. The summed E-state index contributed by atoms with van der Waals surface area (Å²) in [5.41, 5.74) is 0.387. The largest absolute Gasteiger partial charge is 0.378 e. The Bertz CT molecular complexity index is 744. The maximum absolute atomic E-state index is 12.5. The lowest BCUT2D eigenvalue weighted by molar-refractivity contribution is 0.0740. The summed E-state index contributed by atoms with van der Waals surface area (Å²) in [5, 5.41) is 0. The third-order valence-electron chi connectivity index (χ3n) is 4.65. The van der Waals surface area contributed by atoms with Crippen LogP contribution < -0.4 is 9.80 Å². The smallest absolute Gasteiger partial charge is 0.274 e. The third kappa shape index (κ3) is 3.57. The van der Waals surface area contributed by atoms with Gasteiger partial charge in [-0.2, -0.15) is 0 Å². The lowest BCUT2D eigenvalue weighted by atomic mass is 10.2. The zero-order chi connectivity index (χ0) is 17.8. The standard InChI is InChI=1S/C17H21N7O2/c25-17(14-12-18-1-2-19-14)24-5-3-22(4-6-24)15-11-16(21-13-20-15)23-7-9-26-10-8-23/h1-2,11-13H,3-10H2. The van der Waals surface area contributed by atoms with Crippen molar-refractivity contribution in [1.82, 2.24) is 24.8 Å². The van der Waals surface area contributed by atoms with Crippen molar-refractivity contribution in [2.75, 3.05) is 62.3 Å². The van der Waals surface area contributed by atoms with Crippen LogP contribution in [0.2, 0.25) is 0 Å². The van der Waals surface area contributed by atoms with Gasteiger partial charge in [0.25, 0.3) is 5.91 Å². The molecule has 136 valence electrons. The first-order valence-corrected chi connectivity index (χ1v) is 8.76. The van der Waals surface area contributed by atoms with Gasteiger partial charge in [0.15, 0.2) is 0 Å². The summed E-state index contributed by atoms with van der Waals surface area (Å²) >= 11 is 0. The number of carbonyl (C=O) groups excluding carboxylic acids is 1. The number of carbonyl (C=O) groups is 1. The summed E-state index contributed by atoms with van der Waals surface area (Å²) in [5.74, 6) is 1.75. The maximum Gasteiger partial charge on any atom is 0.274 e. The summed E-state index contributed by atoms with van der Waals surface area (Å²) in [4.78, 5) is 35.5. The van der Waals surface area contributed by atoms with Crippen molar-refractivity contribution in [1.29, 1.82) is 0 Å². The van der Waals surface area contributed by atoms with Crippen molar-refractivity contribution in [2.45, 2.75) is 0 Å². The summed E-state index contributed by atoms with van der Waals surface area (Å²) in [7, 11) is 0. The molecule has 0 atom stereocenters. The lowest BCUT2D eigenvalue weighted by Gasteiger charge is -2.35. The Labute approximate surface area is 151 Å². The second-order valence-corrected chi connectivity index (χ2v) is 6.20. The minimum absolute atomic E-state index is 0.0746. The van der Waals surface area contributed by atoms with E-state index >= 15 is 0 Å². The van der Waals surface area contributed by atoms with Crippen LogP contribution >= 0.6 is 0 Å². The Balaban J connectivity index is 1.39. The van der Waals surface area contributed by atoms with E-state index in [1.807, 2.05) is 11.0 Å². The number of piperazine rings is 1. The van der Waals surface area contributed by atoms with Crippen LogP contribution in [0.25, 0.3) is 0 Å². The van der Waals surface area contributed by atoms with Crippen LogP contribution in [0.1, 0.15) is 10.5 Å². The molecule has 0 aromatic carbocycles. The Morgan fingerprint density at radius 1 is 0.885 bits per heavy atom. The van der Waals surface area contributed by atoms with Crippen LogP contribution in [0.15, 0.2) is 31.0 Å². The molecular formula is C17H21N7O2. The molecule has 0 N–H and O–H groups in total. The van der Waals surface area contributed by atoms with Gasteiger partial charge < -0.3 is 19.4 Å². The minimum Gasteiger partial charge on any atom is -0.378 e. The van der Waals surface area contributed by atoms with Gasteiger partial charge in [-0.1, -0.05) is 0 Å². The molecule has 2 aliphatic heterocycles. The molecule has 9 nitrogen and oxygen atoms in total. The fourth-order valence-electron chi connectivity index (χ4n) is 3.19. The highest BCUT2D eigenvalue weighted by Crippen LogP contribution is 2.20. The Morgan fingerprint density at radius 3 is 2.23 bits per heavy atom. The average Bonchev–Trinajstić information content (AvgIpc) is 2.75. The summed E-state index contributed by atoms with van der Waals surface area (Å²) < 4.78 is 5.40. The van der Waals surface area contributed by atoms with E-state index in [9.17, 15) is 4.79 Å². The van der Waals surface area contributed by atoms with Crippen molar-refractivity contribution in [3.63, 3.8) is 0 Å². The number of ether oxygens (including phenoxy) is 1. The second kappa shape index (κ2) is 7.61. The molecule has 1 amide bonds. The SMILES string of the molecule is O=C(c1cnccn1)N1CCN(c2cc(N3CCOCC3)ncn2)CC1. The van der Waals surface area contributed by atoms with Crippen molar-refractivity contribution >= 4 is 17.5 Å². The van der Waals surface area contributed by atoms with Crippen LogP contribution in [0, 0.1) is 0 Å². The Hall–Kier alpha value is -2.81. The quantitative estimate of drug-likeness (QED) is 0.764. The molecule has 4 heterocycles. The molecule has 0 radical (unpaired) electrons. The number of hydrogen-bond donors (Lipinski definition) is 0. The van der Waals surface area contributed by atoms with Crippen LogP contribution in [0.3, 0.4) is 0 Å². The van der Waals surface area contributed by atoms with Gasteiger partial charge in [0, 0.05) is 57.7 Å². The molecule has 2 saturated heterocycles. The third-order valence-corrected chi connectivity index (χ3v) is 4.65. The maximum atomic E-state index is 12.5. The molecular weight excluding hydrogens is 334 g/mol. The second-order valence-electron chi connectivity index (χ2n) is 6.20. The Morgan fingerprint density at radius 2 is 1.58 bits per heavy atom. The minimum atomic E-state index is -0.0746. The lowest BCUT2D eigenvalue weighted by Crippen LogP contribution is -2.49. The van der Waals surface area contributed by atoms with E-state index in [2.05, 4.69) is 29.7 Å². The normalized spacial score (nSPS) is 18.1. The van der Waals surface area contributed by atoms with Crippen molar-refractivity contribution in [2.24, 2.45) is 0 Å². The zero-order valence-corrected chi connectivity index (χ0v) is 14.5. The fourth-order valence-corrected chi connectivity index (χ4v) is 3.19. The van der Waals surface area contributed by atoms with E-state index in [1.165, 1.54) is 12.4 Å². The van der Waals surface area contributed by atoms with E-state index in [4.69, 9.17) is 4.74 Å². The highest BCUT2D eigenvalue weighted by molar-refractivity contribution is 5.92. The molecule has 0 spiro atoms. The number of nitrogens with zero attached hydrogens (tertiary/aromatic N) is 7. The van der Waals surface area contributed by atoms with Gasteiger partial charge in [0.2, 0.25) is 0 Å². The van der Waals surface area contributed by atoms with Crippen molar-refractivity contribution < 1.29 is 9.53 Å². The average molecular weight is 355 g/mol. The number of aromatic nitrogens is 4. The molecule has 2 fully saturated rings. The van der Waals surface area contributed by atoms with E-state index in [0.29, 0.717) is 18.8 Å². The number of rotatable bonds is 3. The first-order chi connectivity index (χ1) is 12.8. The summed E-state index contributed by atoms with van der Waals surface area (Å²) in [6.45, 7) is 5.86. The molecule has 2 aliphatic rings. The van der Waals surface area contributed by atoms with E-state index in [0.717, 1.165) is 51.0 Å². The molecule has 0 unspecified atom stereocenters.